The van der Waals surface area contributed by atoms with Gasteiger partial charge in [0.1, 0.15) is 12.1 Å². The van der Waals surface area contributed by atoms with Crippen LogP contribution in [0.1, 0.15) is 16.7 Å². The minimum atomic E-state index is -0.483. The van der Waals surface area contributed by atoms with E-state index in [-0.39, 0.29) is 11.8 Å². The van der Waals surface area contributed by atoms with E-state index in [0.29, 0.717) is 12.8 Å². The SMILES string of the molecule is Cc1cccc2[nH]cc(C[C@H]3C(=O)N(C)[C@@H](Cc4ccccc4)C(=O)N3C)c12. The van der Waals surface area contributed by atoms with Gasteiger partial charge >= 0.3 is 0 Å². The Morgan fingerprint density at radius 1 is 0.857 bits per heavy atom. The van der Waals surface area contributed by atoms with Gasteiger partial charge in [-0.3, -0.25) is 9.59 Å². The molecule has 2 aromatic carbocycles. The molecule has 1 N–H and O–H groups in total. The smallest absolute Gasteiger partial charge is 0.246 e. The van der Waals surface area contributed by atoms with E-state index in [1.54, 1.807) is 23.9 Å². The summed E-state index contributed by atoms with van der Waals surface area (Å²) in [5, 5.41) is 1.14. The normalized spacial score (nSPS) is 20.2. The van der Waals surface area contributed by atoms with E-state index >= 15 is 0 Å². The molecule has 4 rings (SSSR count). The maximum Gasteiger partial charge on any atom is 0.246 e. The van der Waals surface area contributed by atoms with Crippen LogP contribution in [-0.4, -0.2) is 52.8 Å². The van der Waals surface area contributed by atoms with Gasteiger partial charge in [0.25, 0.3) is 0 Å². The van der Waals surface area contributed by atoms with Gasteiger partial charge < -0.3 is 14.8 Å². The van der Waals surface area contributed by atoms with Crippen molar-refractivity contribution >= 4 is 22.7 Å². The maximum absolute atomic E-state index is 13.2. The summed E-state index contributed by atoms with van der Waals surface area (Å²) in [6.07, 6.45) is 3.00. The zero-order valence-corrected chi connectivity index (χ0v) is 16.5. The van der Waals surface area contributed by atoms with Crippen molar-refractivity contribution in [3.63, 3.8) is 0 Å². The van der Waals surface area contributed by atoms with Gasteiger partial charge in [-0.2, -0.15) is 0 Å². The summed E-state index contributed by atoms with van der Waals surface area (Å²) in [6.45, 7) is 2.07. The number of amides is 2. The number of carbonyl (C=O) groups is 2. The molecule has 5 nitrogen and oxygen atoms in total. The lowest BCUT2D eigenvalue weighted by Gasteiger charge is -2.42. The average molecular weight is 375 g/mol. The molecular formula is C23H25N3O2. The minimum Gasteiger partial charge on any atom is -0.361 e. The predicted molar refractivity (Wildman–Crippen MR) is 110 cm³/mol. The quantitative estimate of drug-likeness (QED) is 0.762. The van der Waals surface area contributed by atoms with E-state index in [4.69, 9.17) is 0 Å². The first-order chi connectivity index (χ1) is 13.5. The zero-order valence-electron chi connectivity index (χ0n) is 16.5. The number of aromatic nitrogens is 1. The Balaban J connectivity index is 1.60. The van der Waals surface area contributed by atoms with Crippen LogP contribution in [0.3, 0.4) is 0 Å². The molecule has 1 aliphatic heterocycles. The van der Waals surface area contributed by atoms with Crippen LogP contribution in [0.5, 0.6) is 0 Å². The lowest BCUT2D eigenvalue weighted by molar-refractivity contribution is -0.158. The highest BCUT2D eigenvalue weighted by Crippen LogP contribution is 2.27. The number of hydrogen-bond acceptors (Lipinski definition) is 2. The summed E-state index contributed by atoms with van der Waals surface area (Å²) in [6, 6.07) is 15.0. The van der Waals surface area contributed by atoms with Crippen molar-refractivity contribution < 1.29 is 9.59 Å². The number of likely N-dealkylation sites (N-methyl/N-ethyl adjacent to an activating group) is 2. The number of fused-ring (bicyclic) bond motifs is 1. The van der Waals surface area contributed by atoms with Gasteiger partial charge in [0.05, 0.1) is 0 Å². The fraction of sp³-hybridized carbons (Fsp3) is 0.304. The second kappa shape index (κ2) is 7.15. The van der Waals surface area contributed by atoms with Crippen LogP contribution in [0.15, 0.2) is 54.7 Å². The fourth-order valence-corrected chi connectivity index (χ4v) is 4.22. The predicted octanol–water partition coefficient (Wildman–Crippen LogP) is 2.93. The number of rotatable bonds is 4. The number of H-pyrrole nitrogens is 1. The second-order valence-electron chi connectivity index (χ2n) is 7.64. The Kier molecular flexibility index (Phi) is 4.67. The topological polar surface area (TPSA) is 56.4 Å². The van der Waals surface area contributed by atoms with Crippen LogP contribution in [0.4, 0.5) is 0 Å². The Morgan fingerprint density at radius 2 is 1.50 bits per heavy atom. The number of aryl methyl sites for hydroxylation is 1. The first-order valence-electron chi connectivity index (χ1n) is 9.60. The first kappa shape index (κ1) is 18.3. The van der Waals surface area contributed by atoms with Gasteiger partial charge in [-0.05, 0) is 29.7 Å². The Labute approximate surface area is 165 Å². The number of hydrogen-bond donors (Lipinski definition) is 1. The molecule has 0 unspecified atom stereocenters. The van der Waals surface area contributed by atoms with E-state index < -0.39 is 12.1 Å². The van der Waals surface area contributed by atoms with Crippen molar-refractivity contribution in [1.29, 1.82) is 0 Å². The molecule has 3 aromatic rings. The van der Waals surface area contributed by atoms with Crippen LogP contribution >= 0.6 is 0 Å². The average Bonchev–Trinajstić information content (AvgIpc) is 3.12. The summed E-state index contributed by atoms with van der Waals surface area (Å²) in [5.41, 5.74) is 4.35. The molecule has 1 aliphatic rings. The molecule has 0 bridgehead atoms. The number of piperazine rings is 1. The first-order valence-corrected chi connectivity index (χ1v) is 9.60. The Morgan fingerprint density at radius 3 is 2.18 bits per heavy atom. The molecule has 2 heterocycles. The fourth-order valence-electron chi connectivity index (χ4n) is 4.22. The molecule has 0 spiro atoms. The van der Waals surface area contributed by atoms with Crippen molar-refractivity contribution in [3.05, 3.63) is 71.4 Å². The summed E-state index contributed by atoms with van der Waals surface area (Å²) in [4.78, 5) is 32.8. The van der Waals surface area contributed by atoms with Gasteiger partial charge in [-0.15, -0.1) is 0 Å². The number of aromatic amines is 1. The summed E-state index contributed by atoms with van der Waals surface area (Å²) in [7, 11) is 3.49. The largest absolute Gasteiger partial charge is 0.361 e. The minimum absolute atomic E-state index is 0.00693. The van der Waals surface area contributed by atoms with Crippen molar-refractivity contribution in [2.45, 2.75) is 31.8 Å². The summed E-state index contributed by atoms with van der Waals surface area (Å²) in [5.74, 6) is -0.0153. The number of benzene rings is 2. The molecule has 2 amide bonds. The molecule has 1 fully saturated rings. The molecule has 1 aromatic heterocycles. The highest BCUT2D eigenvalue weighted by molar-refractivity contribution is 5.97. The van der Waals surface area contributed by atoms with E-state index in [1.165, 1.54) is 5.56 Å². The summed E-state index contributed by atoms with van der Waals surface area (Å²) < 4.78 is 0. The van der Waals surface area contributed by atoms with Gasteiger partial charge in [0.2, 0.25) is 11.8 Å². The van der Waals surface area contributed by atoms with Crippen molar-refractivity contribution in [2.24, 2.45) is 0 Å². The summed E-state index contributed by atoms with van der Waals surface area (Å²) >= 11 is 0. The second-order valence-corrected chi connectivity index (χ2v) is 7.64. The van der Waals surface area contributed by atoms with Crippen LogP contribution < -0.4 is 0 Å². The van der Waals surface area contributed by atoms with E-state index in [0.717, 1.165) is 22.0 Å². The molecule has 0 aliphatic carbocycles. The lowest BCUT2D eigenvalue weighted by Crippen LogP contribution is -2.63. The van der Waals surface area contributed by atoms with Crippen LogP contribution in [0.25, 0.3) is 10.9 Å². The molecule has 1 saturated heterocycles. The zero-order chi connectivity index (χ0) is 19.8. The molecule has 28 heavy (non-hydrogen) atoms. The monoisotopic (exact) mass is 375 g/mol. The van der Waals surface area contributed by atoms with Gasteiger partial charge in [-0.1, -0.05) is 42.5 Å². The third-order valence-electron chi connectivity index (χ3n) is 5.88. The number of nitrogens with one attached hydrogen (secondary N) is 1. The molecule has 144 valence electrons. The Bertz CT molecular complexity index is 1020. The highest BCUT2D eigenvalue weighted by atomic mass is 16.2. The maximum atomic E-state index is 13.2. The van der Waals surface area contributed by atoms with Crippen molar-refractivity contribution in [2.75, 3.05) is 14.1 Å². The third kappa shape index (κ3) is 3.07. The van der Waals surface area contributed by atoms with E-state index in [2.05, 4.69) is 18.0 Å². The van der Waals surface area contributed by atoms with E-state index in [1.807, 2.05) is 48.7 Å². The number of nitrogens with zero attached hydrogens (tertiary/aromatic N) is 2. The molecule has 2 atom stereocenters. The molecule has 5 heteroatoms. The molecule has 0 radical (unpaired) electrons. The van der Waals surface area contributed by atoms with E-state index in [9.17, 15) is 9.59 Å². The van der Waals surface area contributed by atoms with Crippen molar-refractivity contribution in [1.82, 2.24) is 14.8 Å². The van der Waals surface area contributed by atoms with Crippen molar-refractivity contribution in [3.8, 4) is 0 Å². The van der Waals surface area contributed by atoms with Gasteiger partial charge in [0.15, 0.2) is 0 Å². The standard InChI is InChI=1S/C23H25N3O2/c1-15-8-7-11-18-21(15)17(14-24-18)13-20-23(28)25(2)19(22(27)26(20)3)12-16-9-5-4-6-10-16/h4-11,14,19-20,24H,12-13H2,1-3H3/t19-,20-/m0/s1. The third-order valence-corrected chi connectivity index (χ3v) is 5.88. The van der Waals surface area contributed by atoms with Crippen LogP contribution in [0.2, 0.25) is 0 Å². The molecule has 0 saturated carbocycles. The number of carbonyl (C=O) groups excluding carboxylic acids is 2. The highest BCUT2D eigenvalue weighted by Gasteiger charge is 2.42. The van der Waals surface area contributed by atoms with Crippen LogP contribution in [0, 0.1) is 6.92 Å². The lowest BCUT2D eigenvalue weighted by atomic mass is 9.95. The van der Waals surface area contributed by atoms with Gasteiger partial charge in [-0.25, -0.2) is 0 Å². The molecular weight excluding hydrogens is 350 g/mol. The Hall–Kier alpha value is -3.08. The van der Waals surface area contributed by atoms with Crippen LogP contribution in [-0.2, 0) is 22.4 Å². The van der Waals surface area contributed by atoms with Gasteiger partial charge in [0, 0.05) is 44.0 Å².